The Morgan fingerprint density at radius 3 is 3.00 bits per heavy atom. The van der Waals surface area contributed by atoms with E-state index in [1.807, 2.05) is 4.90 Å². The second-order valence-corrected chi connectivity index (χ2v) is 7.35. The van der Waals surface area contributed by atoms with Crippen LogP contribution in [0.2, 0.25) is 0 Å². The van der Waals surface area contributed by atoms with Gasteiger partial charge in [-0.3, -0.25) is 9.69 Å². The molecule has 1 aromatic carbocycles. The summed E-state index contributed by atoms with van der Waals surface area (Å²) in [6.07, 6.45) is 1.93. The molecule has 0 radical (unpaired) electrons. The first kappa shape index (κ1) is 16.9. The summed E-state index contributed by atoms with van der Waals surface area (Å²) in [5.74, 6) is -0.127. The number of amides is 1. The van der Waals surface area contributed by atoms with E-state index in [9.17, 15) is 9.18 Å². The van der Waals surface area contributed by atoms with Crippen molar-refractivity contribution in [1.82, 2.24) is 9.80 Å². The molecule has 1 atom stereocenters. The third kappa shape index (κ3) is 3.59. The van der Waals surface area contributed by atoms with Crippen molar-refractivity contribution in [2.24, 2.45) is 0 Å². The van der Waals surface area contributed by atoms with Gasteiger partial charge >= 0.3 is 0 Å². The predicted octanol–water partition coefficient (Wildman–Crippen LogP) is 2.45. The van der Waals surface area contributed by atoms with Gasteiger partial charge in [0.1, 0.15) is 5.82 Å². The fourth-order valence-electron chi connectivity index (χ4n) is 3.43. The topological polar surface area (TPSA) is 32.8 Å². The molecule has 0 bridgehead atoms. The van der Waals surface area contributed by atoms with Crippen LogP contribution in [0.4, 0.5) is 4.39 Å². The minimum Gasteiger partial charge on any atom is -0.379 e. The van der Waals surface area contributed by atoms with Gasteiger partial charge in [0.15, 0.2) is 0 Å². The first-order valence-corrected chi connectivity index (χ1v) is 8.80. The molecule has 1 unspecified atom stereocenters. The minimum atomic E-state index is -0.266. The molecule has 3 rings (SSSR count). The van der Waals surface area contributed by atoms with Crippen LogP contribution in [0, 0.1) is 5.82 Å². The number of aryl methyl sites for hydroxylation is 1. The van der Waals surface area contributed by atoms with Gasteiger partial charge in [-0.05, 0) is 43.7 Å². The molecular weight excluding hydrogens is 363 g/mol. The molecule has 0 aromatic heterocycles. The van der Waals surface area contributed by atoms with Gasteiger partial charge in [0.2, 0.25) is 5.91 Å². The molecule has 1 aromatic rings. The highest BCUT2D eigenvalue weighted by Crippen LogP contribution is 2.29. The van der Waals surface area contributed by atoms with Gasteiger partial charge in [0.25, 0.3) is 0 Å². The Kier molecular flexibility index (Phi) is 5.04. The number of carbonyl (C=O) groups is 1. The van der Waals surface area contributed by atoms with Gasteiger partial charge in [0.05, 0.1) is 12.1 Å². The molecule has 0 N–H and O–H groups in total. The first-order chi connectivity index (χ1) is 11.0. The zero-order valence-electron chi connectivity index (χ0n) is 13.4. The third-order valence-electron chi connectivity index (χ3n) is 5.05. The number of piperazine rings is 1. The van der Waals surface area contributed by atoms with E-state index in [-0.39, 0.29) is 17.3 Å². The molecule has 1 spiro atoms. The summed E-state index contributed by atoms with van der Waals surface area (Å²) >= 11 is 3.42. The van der Waals surface area contributed by atoms with E-state index in [2.05, 4.69) is 27.9 Å². The van der Waals surface area contributed by atoms with Crippen molar-refractivity contribution in [2.75, 3.05) is 39.9 Å². The molecule has 2 saturated heterocycles. The highest BCUT2D eigenvalue weighted by molar-refractivity contribution is 9.10. The van der Waals surface area contributed by atoms with Crippen molar-refractivity contribution in [3.63, 3.8) is 0 Å². The standard InChI is InChI=1S/C17H22BrFN2O2/c1-20-7-8-21(11-17(20)6-9-23-12-17)16(22)5-2-13-10-14(19)3-4-15(13)18/h3-4,10H,2,5-9,11-12H2,1H3. The Balaban J connectivity index is 1.61. The summed E-state index contributed by atoms with van der Waals surface area (Å²) in [6, 6.07) is 4.60. The van der Waals surface area contributed by atoms with Crippen molar-refractivity contribution < 1.29 is 13.9 Å². The number of hydrogen-bond acceptors (Lipinski definition) is 3. The number of carbonyl (C=O) groups excluding carboxylic acids is 1. The summed E-state index contributed by atoms with van der Waals surface area (Å²) in [4.78, 5) is 16.8. The number of halogens is 2. The fraction of sp³-hybridized carbons (Fsp3) is 0.588. The second-order valence-electron chi connectivity index (χ2n) is 6.50. The second kappa shape index (κ2) is 6.87. The smallest absolute Gasteiger partial charge is 0.223 e. The van der Waals surface area contributed by atoms with Gasteiger partial charge in [-0.15, -0.1) is 0 Å². The van der Waals surface area contributed by atoms with Crippen molar-refractivity contribution in [3.8, 4) is 0 Å². The summed E-state index contributed by atoms with van der Waals surface area (Å²) < 4.78 is 19.8. The highest BCUT2D eigenvalue weighted by Gasteiger charge is 2.43. The Morgan fingerprint density at radius 1 is 1.43 bits per heavy atom. The lowest BCUT2D eigenvalue weighted by molar-refractivity contribution is -0.136. The molecule has 2 fully saturated rings. The van der Waals surface area contributed by atoms with Crippen LogP contribution in [-0.2, 0) is 16.0 Å². The van der Waals surface area contributed by atoms with Crippen LogP contribution in [0.5, 0.6) is 0 Å². The summed E-state index contributed by atoms with van der Waals surface area (Å²) in [5.41, 5.74) is 0.819. The summed E-state index contributed by atoms with van der Waals surface area (Å²) in [7, 11) is 2.11. The maximum absolute atomic E-state index is 13.3. The number of benzene rings is 1. The van der Waals surface area contributed by atoms with E-state index in [1.54, 1.807) is 6.07 Å². The molecule has 2 aliphatic rings. The van der Waals surface area contributed by atoms with Crippen LogP contribution in [0.25, 0.3) is 0 Å². The van der Waals surface area contributed by atoms with Crippen LogP contribution in [-0.4, -0.2) is 61.1 Å². The maximum atomic E-state index is 13.3. The van der Waals surface area contributed by atoms with E-state index in [4.69, 9.17) is 4.74 Å². The quantitative estimate of drug-likeness (QED) is 0.802. The molecule has 2 aliphatic heterocycles. The van der Waals surface area contributed by atoms with E-state index in [1.165, 1.54) is 12.1 Å². The predicted molar refractivity (Wildman–Crippen MR) is 89.8 cm³/mol. The lowest BCUT2D eigenvalue weighted by Gasteiger charge is -2.46. The lowest BCUT2D eigenvalue weighted by atomic mass is 9.93. The fourth-order valence-corrected chi connectivity index (χ4v) is 3.88. The van der Waals surface area contributed by atoms with Crippen molar-refractivity contribution >= 4 is 21.8 Å². The van der Waals surface area contributed by atoms with Crippen LogP contribution >= 0.6 is 15.9 Å². The molecule has 0 aliphatic carbocycles. The molecule has 1 amide bonds. The average Bonchev–Trinajstić information content (AvgIpc) is 3.00. The molecule has 4 nitrogen and oxygen atoms in total. The third-order valence-corrected chi connectivity index (χ3v) is 5.83. The zero-order valence-corrected chi connectivity index (χ0v) is 14.9. The Bertz CT molecular complexity index is 590. The molecule has 126 valence electrons. The van der Waals surface area contributed by atoms with Gasteiger partial charge in [-0.2, -0.15) is 0 Å². The van der Waals surface area contributed by atoms with Gasteiger partial charge in [-0.1, -0.05) is 15.9 Å². The van der Waals surface area contributed by atoms with Gasteiger partial charge in [0, 0.05) is 37.1 Å². The summed E-state index contributed by atoms with van der Waals surface area (Å²) in [6.45, 7) is 3.82. The van der Waals surface area contributed by atoms with Crippen molar-refractivity contribution in [3.05, 3.63) is 34.1 Å². The largest absolute Gasteiger partial charge is 0.379 e. The molecule has 0 saturated carbocycles. The number of rotatable bonds is 3. The Morgan fingerprint density at radius 2 is 2.26 bits per heavy atom. The number of likely N-dealkylation sites (N-methyl/N-ethyl adjacent to an activating group) is 1. The number of ether oxygens (including phenoxy) is 1. The van der Waals surface area contributed by atoms with E-state index in [0.29, 0.717) is 19.4 Å². The van der Waals surface area contributed by atoms with Crippen LogP contribution < -0.4 is 0 Å². The zero-order chi connectivity index (χ0) is 16.4. The van der Waals surface area contributed by atoms with Crippen LogP contribution in [0.3, 0.4) is 0 Å². The Labute approximate surface area is 144 Å². The first-order valence-electron chi connectivity index (χ1n) is 8.01. The van der Waals surface area contributed by atoms with Crippen molar-refractivity contribution in [2.45, 2.75) is 24.8 Å². The monoisotopic (exact) mass is 384 g/mol. The Hall–Kier alpha value is -0.980. The molecule has 2 heterocycles. The maximum Gasteiger partial charge on any atom is 0.223 e. The normalized spacial score (nSPS) is 25.3. The minimum absolute atomic E-state index is 0.0205. The number of nitrogens with zero attached hydrogens (tertiary/aromatic N) is 2. The highest BCUT2D eigenvalue weighted by atomic mass is 79.9. The SMILES string of the molecule is CN1CCN(C(=O)CCc2cc(F)ccc2Br)CC12CCOC2. The van der Waals surface area contributed by atoms with E-state index in [0.717, 1.165) is 42.7 Å². The summed E-state index contributed by atoms with van der Waals surface area (Å²) in [5, 5.41) is 0. The molecular formula is C17H22BrFN2O2. The number of hydrogen-bond donors (Lipinski definition) is 0. The van der Waals surface area contributed by atoms with Gasteiger partial charge in [-0.25, -0.2) is 4.39 Å². The van der Waals surface area contributed by atoms with Gasteiger partial charge < -0.3 is 9.64 Å². The van der Waals surface area contributed by atoms with E-state index < -0.39 is 0 Å². The molecule has 23 heavy (non-hydrogen) atoms. The lowest BCUT2D eigenvalue weighted by Crippen LogP contribution is -2.62. The van der Waals surface area contributed by atoms with E-state index >= 15 is 0 Å². The van der Waals surface area contributed by atoms with Crippen LogP contribution in [0.15, 0.2) is 22.7 Å². The van der Waals surface area contributed by atoms with Crippen molar-refractivity contribution in [1.29, 1.82) is 0 Å². The average molecular weight is 385 g/mol. The molecule has 6 heteroatoms. The van der Waals surface area contributed by atoms with Crippen LogP contribution in [0.1, 0.15) is 18.4 Å².